The number of hydrogen-bond donors (Lipinski definition) is 3. The summed E-state index contributed by atoms with van der Waals surface area (Å²) >= 11 is 0. The van der Waals surface area contributed by atoms with Gasteiger partial charge in [0, 0.05) is 13.1 Å². The van der Waals surface area contributed by atoms with Crippen molar-refractivity contribution < 1.29 is 9.59 Å². The van der Waals surface area contributed by atoms with Crippen molar-refractivity contribution in [3.05, 3.63) is 30.6 Å². The smallest absolute Gasteiger partial charge is 0.239 e. The van der Waals surface area contributed by atoms with Gasteiger partial charge in [0.1, 0.15) is 0 Å². The SMILES string of the molecule is Cl.Cl.NCC(=O)NCC(=O)NCCCn1cnc2ccccc21. The lowest BCUT2D eigenvalue weighted by molar-refractivity contribution is -0.125. The molecule has 0 aliphatic heterocycles. The van der Waals surface area contributed by atoms with Gasteiger partial charge in [-0.1, -0.05) is 12.1 Å². The molecular formula is C14H21Cl2N5O2. The number of hydrogen-bond acceptors (Lipinski definition) is 4. The molecule has 2 aromatic rings. The van der Waals surface area contributed by atoms with Crippen molar-refractivity contribution in [2.75, 3.05) is 19.6 Å². The van der Waals surface area contributed by atoms with Crippen LogP contribution in [0.1, 0.15) is 6.42 Å². The number of nitrogens with zero attached hydrogens (tertiary/aromatic N) is 2. The van der Waals surface area contributed by atoms with Crippen LogP contribution >= 0.6 is 24.8 Å². The summed E-state index contributed by atoms with van der Waals surface area (Å²) in [5.41, 5.74) is 7.17. The van der Waals surface area contributed by atoms with Gasteiger partial charge >= 0.3 is 0 Å². The second-order valence-electron chi connectivity index (χ2n) is 4.61. The van der Waals surface area contributed by atoms with Crippen LogP contribution < -0.4 is 16.4 Å². The Balaban J connectivity index is 0.00000242. The molecule has 7 nitrogen and oxygen atoms in total. The molecule has 0 aliphatic rings. The molecule has 0 saturated heterocycles. The predicted molar refractivity (Wildman–Crippen MR) is 93.9 cm³/mol. The Morgan fingerprint density at radius 3 is 2.61 bits per heavy atom. The van der Waals surface area contributed by atoms with Gasteiger partial charge in [0.05, 0.1) is 30.5 Å². The van der Waals surface area contributed by atoms with Gasteiger partial charge in [0.25, 0.3) is 0 Å². The van der Waals surface area contributed by atoms with Crippen molar-refractivity contribution in [1.29, 1.82) is 0 Å². The van der Waals surface area contributed by atoms with Crippen LogP contribution in [0.15, 0.2) is 30.6 Å². The van der Waals surface area contributed by atoms with Crippen LogP contribution in [0.25, 0.3) is 11.0 Å². The topological polar surface area (TPSA) is 102 Å². The molecule has 0 atom stereocenters. The predicted octanol–water partition coefficient (Wildman–Crippen LogP) is 0.461. The average molecular weight is 362 g/mol. The first-order chi connectivity index (χ1) is 10.2. The summed E-state index contributed by atoms with van der Waals surface area (Å²) in [6.45, 7) is 1.17. The summed E-state index contributed by atoms with van der Waals surface area (Å²) in [6, 6.07) is 7.91. The number of nitrogens with two attached hydrogens (primary N) is 1. The zero-order valence-electron chi connectivity index (χ0n) is 12.5. The lowest BCUT2D eigenvalue weighted by Crippen LogP contribution is -2.39. The third-order valence-corrected chi connectivity index (χ3v) is 3.06. The molecule has 0 spiro atoms. The standard InChI is InChI=1S/C14H19N5O2.2ClH/c15-8-13(20)17-9-14(21)16-6-3-7-19-10-18-11-4-1-2-5-12(11)19;;/h1-2,4-5,10H,3,6-9,15H2,(H,16,21)(H,17,20);2*1H. The number of nitrogens with one attached hydrogen (secondary N) is 2. The molecule has 9 heteroatoms. The van der Waals surface area contributed by atoms with Crippen LogP contribution in [0, 0.1) is 0 Å². The molecule has 1 heterocycles. The summed E-state index contributed by atoms with van der Waals surface area (Å²) in [4.78, 5) is 26.7. The molecule has 2 amide bonds. The molecule has 1 aromatic heterocycles. The van der Waals surface area contributed by atoms with Crippen molar-refractivity contribution in [3.8, 4) is 0 Å². The van der Waals surface area contributed by atoms with E-state index in [2.05, 4.69) is 20.2 Å². The van der Waals surface area contributed by atoms with E-state index in [1.807, 2.05) is 24.3 Å². The fourth-order valence-corrected chi connectivity index (χ4v) is 1.98. The number of para-hydroxylation sites is 2. The number of halogens is 2. The Morgan fingerprint density at radius 1 is 1.13 bits per heavy atom. The van der Waals surface area contributed by atoms with Crippen molar-refractivity contribution >= 4 is 47.7 Å². The van der Waals surface area contributed by atoms with E-state index in [4.69, 9.17) is 5.73 Å². The molecule has 1 aromatic carbocycles. The van der Waals surface area contributed by atoms with Gasteiger partial charge in [-0.25, -0.2) is 4.98 Å². The van der Waals surface area contributed by atoms with Crippen molar-refractivity contribution in [1.82, 2.24) is 20.2 Å². The summed E-state index contributed by atoms with van der Waals surface area (Å²) in [5.74, 6) is -0.553. The van der Waals surface area contributed by atoms with Crippen LogP contribution in [0.3, 0.4) is 0 Å². The Labute approximate surface area is 146 Å². The highest BCUT2D eigenvalue weighted by molar-refractivity contribution is 5.86. The van der Waals surface area contributed by atoms with Gasteiger partial charge in [-0.3, -0.25) is 9.59 Å². The number of fused-ring (bicyclic) bond motifs is 1. The van der Waals surface area contributed by atoms with Crippen LogP contribution in [0.2, 0.25) is 0 Å². The van der Waals surface area contributed by atoms with E-state index in [9.17, 15) is 9.59 Å². The number of benzene rings is 1. The first-order valence-electron chi connectivity index (χ1n) is 6.84. The Morgan fingerprint density at radius 2 is 1.87 bits per heavy atom. The first kappa shape index (κ1) is 21.2. The fourth-order valence-electron chi connectivity index (χ4n) is 1.98. The number of carbonyl (C=O) groups is 2. The zero-order chi connectivity index (χ0) is 15.1. The third-order valence-electron chi connectivity index (χ3n) is 3.06. The number of amides is 2. The largest absolute Gasteiger partial charge is 0.355 e. The first-order valence-corrected chi connectivity index (χ1v) is 6.84. The number of imidazole rings is 1. The molecule has 128 valence electrons. The van der Waals surface area contributed by atoms with Gasteiger partial charge < -0.3 is 20.9 Å². The fraction of sp³-hybridized carbons (Fsp3) is 0.357. The van der Waals surface area contributed by atoms with Crippen LogP contribution in [-0.2, 0) is 16.1 Å². The monoisotopic (exact) mass is 361 g/mol. The lowest BCUT2D eigenvalue weighted by Gasteiger charge is -2.07. The summed E-state index contributed by atoms with van der Waals surface area (Å²) in [6.07, 6.45) is 2.59. The van der Waals surface area contributed by atoms with Crippen LogP contribution in [0.5, 0.6) is 0 Å². The number of carbonyl (C=O) groups excluding carboxylic acids is 2. The highest BCUT2D eigenvalue weighted by Crippen LogP contribution is 2.11. The van der Waals surface area contributed by atoms with E-state index in [0.29, 0.717) is 6.54 Å². The Kier molecular flexibility index (Phi) is 9.96. The normalized spacial score (nSPS) is 9.61. The molecule has 0 bridgehead atoms. The van der Waals surface area contributed by atoms with Crippen molar-refractivity contribution in [3.63, 3.8) is 0 Å². The van der Waals surface area contributed by atoms with E-state index in [1.165, 1.54) is 0 Å². The van der Waals surface area contributed by atoms with Gasteiger partial charge in [0.15, 0.2) is 0 Å². The lowest BCUT2D eigenvalue weighted by atomic mass is 10.3. The molecule has 0 unspecified atom stereocenters. The van der Waals surface area contributed by atoms with Gasteiger partial charge in [0.2, 0.25) is 11.8 Å². The summed E-state index contributed by atoms with van der Waals surface area (Å²) < 4.78 is 2.05. The van der Waals surface area contributed by atoms with Crippen LogP contribution in [0.4, 0.5) is 0 Å². The molecule has 2 rings (SSSR count). The van der Waals surface area contributed by atoms with Gasteiger partial charge in [-0.15, -0.1) is 24.8 Å². The molecule has 0 radical (unpaired) electrons. The Hall–Kier alpha value is -1.83. The van der Waals surface area contributed by atoms with E-state index >= 15 is 0 Å². The summed E-state index contributed by atoms with van der Waals surface area (Å²) in [7, 11) is 0. The molecule has 0 saturated carbocycles. The molecular weight excluding hydrogens is 341 g/mol. The Bertz CT molecular complexity index is 632. The minimum absolute atomic E-state index is 0. The molecule has 23 heavy (non-hydrogen) atoms. The minimum atomic E-state index is -0.338. The van der Waals surface area contributed by atoms with Gasteiger partial charge in [-0.2, -0.15) is 0 Å². The summed E-state index contributed by atoms with van der Waals surface area (Å²) in [5, 5.41) is 5.16. The number of rotatable bonds is 7. The highest BCUT2D eigenvalue weighted by Gasteiger charge is 2.04. The maximum absolute atomic E-state index is 11.5. The third kappa shape index (κ3) is 6.43. The van der Waals surface area contributed by atoms with Crippen molar-refractivity contribution in [2.45, 2.75) is 13.0 Å². The van der Waals surface area contributed by atoms with E-state index in [0.717, 1.165) is 24.0 Å². The van der Waals surface area contributed by atoms with E-state index in [1.54, 1.807) is 6.33 Å². The van der Waals surface area contributed by atoms with E-state index in [-0.39, 0.29) is 49.7 Å². The zero-order valence-corrected chi connectivity index (χ0v) is 14.2. The maximum atomic E-state index is 11.5. The molecule has 0 aliphatic carbocycles. The quantitative estimate of drug-likeness (QED) is 0.623. The second kappa shape index (κ2) is 10.8. The molecule has 0 fully saturated rings. The average Bonchev–Trinajstić information content (AvgIpc) is 2.92. The minimum Gasteiger partial charge on any atom is -0.355 e. The van der Waals surface area contributed by atoms with Crippen LogP contribution in [-0.4, -0.2) is 41.0 Å². The number of aryl methyl sites for hydroxylation is 1. The van der Waals surface area contributed by atoms with Crippen molar-refractivity contribution in [2.24, 2.45) is 5.73 Å². The second-order valence-corrected chi connectivity index (χ2v) is 4.61. The van der Waals surface area contributed by atoms with Gasteiger partial charge in [-0.05, 0) is 18.6 Å². The number of aromatic nitrogens is 2. The highest BCUT2D eigenvalue weighted by atomic mass is 35.5. The molecule has 4 N–H and O–H groups in total. The maximum Gasteiger partial charge on any atom is 0.239 e. The van der Waals surface area contributed by atoms with E-state index < -0.39 is 0 Å².